The predicted octanol–water partition coefficient (Wildman–Crippen LogP) is 3.40. The lowest BCUT2D eigenvalue weighted by atomic mass is 10.0. The van der Waals surface area contributed by atoms with Crippen molar-refractivity contribution in [1.82, 2.24) is 10.2 Å². The zero-order valence-electron chi connectivity index (χ0n) is 15.5. The van der Waals surface area contributed by atoms with Gasteiger partial charge in [0.2, 0.25) is 0 Å². The number of halogens is 4. The lowest BCUT2D eigenvalue weighted by molar-refractivity contribution is -0.137. The SMILES string of the molecule is CCCCNC(N)=NCC(c1ccc(C(F)(F)F)cc1)N1CCOCC1.I. The van der Waals surface area contributed by atoms with Gasteiger partial charge in [0.15, 0.2) is 5.96 Å². The lowest BCUT2D eigenvalue weighted by Gasteiger charge is -2.34. The highest BCUT2D eigenvalue weighted by Crippen LogP contribution is 2.31. The van der Waals surface area contributed by atoms with Crippen LogP contribution in [-0.2, 0) is 10.9 Å². The molecule has 1 aromatic carbocycles. The summed E-state index contributed by atoms with van der Waals surface area (Å²) in [6, 6.07) is 5.16. The van der Waals surface area contributed by atoms with Crippen molar-refractivity contribution in [2.24, 2.45) is 10.7 Å². The maximum absolute atomic E-state index is 12.8. The van der Waals surface area contributed by atoms with Gasteiger partial charge in [0.05, 0.1) is 31.4 Å². The van der Waals surface area contributed by atoms with Gasteiger partial charge < -0.3 is 15.8 Å². The molecule has 0 radical (unpaired) electrons. The summed E-state index contributed by atoms with van der Waals surface area (Å²) in [5.74, 6) is 0.364. The minimum atomic E-state index is -4.33. The Kier molecular flexibility index (Phi) is 10.4. The minimum absolute atomic E-state index is 0. The third-order valence-electron chi connectivity index (χ3n) is 4.38. The molecule has 0 aromatic heterocycles. The number of aliphatic imine (C=N–C) groups is 1. The molecule has 0 amide bonds. The standard InChI is InChI=1S/C18H27F3N4O.HI/c1-2-3-8-23-17(22)24-13-16(25-9-11-26-12-10-25)14-4-6-15(7-5-14)18(19,20)21;/h4-7,16H,2-3,8-13H2,1H3,(H3,22,23,24);1H. The highest BCUT2D eigenvalue weighted by molar-refractivity contribution is 14.0. The first-order valence-corrected chi connectivity index (χ1v) is 8.94. The Balaban J connectivity index is 0.00000364. The summed E-state index contributed by atoms with van der Waals surface area (Å²) < 4.78 is 43.8. The van der Waals surface area contributed by atoms with Crippen LogP contribution in [-0.4, -0.2) is 50.3 Å². The molecule has 1 atom stereocenters. The molecule has 9 heteroatoms. The number of nitrogens with one attached hydrogen (secondary N) is 1. The molecule has 1 heterocycles. The first kappa shape index (κ1) is 24.0. The number of morpholine rings is 1. The highest BCUT2D eigenvalue weighted by Gasteiger charge is 2.31. The van der Waals surface area contributed by atoms with Crippen molar-refractivity contribution in [3.8, 4) is 0 Å². The van der Waals surface area contributed by atoms with Crippen molar-refractivity contribution in [3.05, 3.63) is 35.4 Å². The molecule has 0 spiro atoms. The van der Waals surface area contributed by atoms with Crippen LogP contribution in [0.1, 0.15) is 36.9 Å². The topological polar surface area (TPSA) is 62.9 Å². The summed E-state index contributed by atoms with van der Waals surface area (Å²) in [5.41, 5.74) is 6.05. The van der Waals surface area contributed by atoms with Crippen molar-refractivity contribution >= 4 is 29.9 Å². The molecule has 1 aliphatic heterocycles. The van der Waals surface area contributed by atoms with E-state index >= 15 is 0 Å². The highest BCUT2D eigenvalue weighted by atomic mass is 127. The van der Waals surface area contributed by atoms with Gasteiger partial charge in [-0.1, -0.05) is 25.5 Å². The Morgan fingerprint density at radius 1 is 1.26 bits per heavy atom. The Labute approximate surface area is 175 Å². The second-order valence-corrected chi connectivity index (χ2v) is 6.29. The average Bonchev–Trinajstić information content (AvgIpc) is 2.63. The molecule has 1 fully saturated rings. The molecule has 2 rings (SSSR count). The van der Waals surface area contributed by atoms with E-state index in [1.54, 1.807) is 0 Å². The van der Waals surface area contributed by atoms with Crippen molar-refractivity contribution < 1.29 is 17.9 Å². The largest absolute Gasteiger partial charge is 0.416 e. The molecule has 1 unspecified atom stereocenters. The van der Waals surface area contributed by atoms with Crippen LogP contribution in [0.5, 0.6) is 0 Å². The normalized spacial score (nSPS) is 17.3. The second kappa shape index (κ2) is 11.7. The summed E-state index contributed by atoms with van der Waals surface area (Å²) in [6.07, 6.45) is -2.27. The minimum Gasteiger partial charge on any atom is -0.379 e. The lowest BCUT2D eigenvalue weighted by Crippen LogP contribution is -2.41. The van der Waals surface area contributed by atoms with E-state index in [9.17, 15) is 13.2 Å². The Bertz CT molecular complexity index is 575. The Morgan fingerprint density at radius 3 is 2.44 bits per heavy atom. The fraction of sp³-hybridized carbons (Fsp3) is 0.611. The number of nitrogens with zero attached hydrogens (tertiary/aromatic N) is 2. The van der Waals surface area contributed by atoms with Gasteiger partial charge in [0.25, 0.3) is 0 Å². The summed E-state index contributed by atoms with van der Waals surface area (Å²) >= 11 is 0. The number of hydrogen-bond acceptors (Lipinski definition) is 3. The summed E-state index contributed by atoms with van der Waals surface area (Å²) in [5, 5.41) is 3.06. The van der Waals surface area contributed by atoms with Crippen LogP contribution in [0.2, 0.25) is 0 Å². The molecule has 5 nitrogen and oxygen atoms in total. The average molecular weight is 500 g/mol. The number of rotatable bonds is 7. The van der Waals surface area contributed by atoms with Crippen LogP contribution in [0, 0.1) is 0 Å². The van der Waals surface area contributed by atoms with E-state index in [2.05, 4.69) is 22.1 Å². The molecule has 27 heavy (non-hydrogen) atoms. The number of ether oxygens (including phenoxy) is 1. The van der Waals surface area contributed by atoms with E-state index in [4.69, 9.17) is 10.5 Å². The third kappa shape index (κ3) is 7.82. The van der Waals surface area contributed by atoms with Crippen LogP contribution >= 0.6 is 24.0 Å². The third-order valence-corrected chi connectivity index (χ3v) is 4.38. The predicted molar refractivity (Wildman–Crippen MR) is 111 cm³/mol. The quantitative estimate of drug-likeness (QED) is 0.261. The van der Waals surface area contributed by atoms with Crippen molar-refractivity contribution in [3.63, 3.8) is 0 Å². The summed E-state index contributed by atoms with van der Waals surface area (Å²) in [4.78, 5) is 6.57. The van der Waals surface area contributed by atoms with E-state index < -0.39 is 11.7 Å². The van der Waals surface area contributed by atoms with Crippen LogP contribution in [0.15, 0.2) is 29.3 Å². The summed E-state index contributed by atoms with van der Waals surface area (Å²) in [6.45, 7) is 5.86. The molecule has 1 saturated heterocycles. The van der Waals surface area contributed by atoms with E-state index in [0.29, 0.717) is 38.8 Å². The Hall–Kier alpha value is -1.07. The van der Waals surface area contributed by atoms with E-state index in [-0.39, 0.29) is 30.0 Å². The first-order valence-electron chi connectivity index (χ1n) is 8.94. The molecule has 3 N–H and O–H groups in total. The number of guanidine groups is 1. The summed E-state index contributed by atoms with van der Waals surface area (Å²) in [7, 11) is 0. The number of unbranched alkanes of at least 4 members (excludes halogenated alkanes) is 1. The molecule has 0 bridgehead atoms. The van der Waals surface area contributed by atoms with Gasteiger partial charge in [0.1, 0.15) is 0 Å². The zero-order valence-corrected chi connectivity index (χ0v) is 17.8. The molecule has 1 aliphatic rings. The van der Waals surface area contributed by atoms with Crippen molar-refractivity contribution in [2.45, 2.75) is 32.0 Å². The van der Waals surface area contributed by atoms with Gasteiger partial charge in [-0.15, -0.1) is 24.0 Å². The van der Waals surface area contributed by atoms with Crippen molar-refractivity contribution in [2.75, 3.05) is 39.4 Å². The van der Waals surface area contributed by atoms with Crippen LogP contribution < -0.4 is 11.1 Å². The van der Waals surface area contributed by atoms with Gasteiger partial charge in [-0.2, -0.15) is 13.2 Å². The number of alkyl halides is 3. The first-order chi connectivity index (χ1) is 12.4. The monoisotopic (exact) mass is 500 g/mol. The molecular formula is C18H28F3IN4O. The second-order valence-electron chi connectivity index (χ2n) is 6.29. The molecule has 0 aliphatic carbocycles. The van der Waals surface area contributed by atoms with E-state index in [1.807, 2.05) is 0 Å². The van der Waals surface area contributed by atoms with Gasteiger partial charge >= 0.3 is 6.18 Å². The number of nitrogens with two attached hydrogens (primary N) is 1. The van der Waals surface area contributed by atoms with E-state index in [0.717, 1.165) is 37.1 Å². The fourth-order valence-electron chi connectivity index (χ4n) is 2.85. The molecular weight excluding hydrogens is 472 g/mol. The maximum Gasteiger partial charge on any atom is 0.416 e. The van der Waals surface area contributed by atoms with Crippen LogP contribution in [0.25, 0.3) is 0 Å². The Morgan fingerprint density at radius 2 is 1.89 bits per heavy atom. The van der Waals surface area contributed by atoms with Gasteiger partial charge in [-0.3, -0.25) is 9.89 Å². The number of hydrogen-bond donors (Lipinski definition) is 2. The van der Waals surface area contributed by atoms with Gasteiger partial charge in [0, 0.05) is 19.6 Å². The van der Waals surface area contributed by atoms with Crippen molar-refractivity contribution in [1.29, 1.82) is 0 Å². The smallest absolute Gasteiger partial charge is 0.379 e. The van der Waals surface area contributed by atoms with Gasteiger partial charge in [-0.05, 0) is 24.1 Å². The zero-order chi connectivity index (χ0) is 19.0. The van der Waals surface area contributed by atoms with E-state index in [1.165, 1.54) is 12.1 Å². The van der Waals surface area contributed by atoms with Gasteiger partial charge in [-0.25, -0.2) is 0 Å². The molecule has 0 saturated carbocycles. The van der Waals surface area contributed by atoms with Crippen LogP contribution in [0.4, 0.5) is 13.2 Å². The molecule has 154 valence electrons. The molecule has 1 aromatic rings. The number of benzene rings is 1. The van der Waals surface area contributed by atoms with Crippen LogP contribution in [0.3, 0.4) is 0 Å². The maximum atomic E-state index is 12.8. The fourth-order valence-corrected chi connectivity index (χ4v) is 2.85.